The fraction of sp³-hybridized carbons (Fsp3) is 0.417. The summed E-state index contributed by atoms with van der Waals surface area (Å²) in [6, 6.07) is 6.73. The standard InChI is InChI=1S/C12H15NO5/c1-18-12(15)10-5-2-9(3-6-10)4-7-11(14)8-13(16)17/h2-3,5-6,11,14H,4,7-8H2,1H3. The van der Waals surface area contributed by atoms with Crippen LogP contribution in [0.1, 0.15) is 22.3 Å². The summed E-state index contributed by atoms with van der Waals surface area (Å²) >= 11 is 0. The van der Waals surface area contributed by atoms with Crippen molar-refractivity contribution in [3.8, 4) is 0 Å². The molecule has 0 spiro atoms. The normalized spacial score (nSPS) is 11.9. The van der Waals surface area contributed by atoms with E-state index in [1.165, 1.54) is 7.11 Å². The molecule has 1 aromatic rings. The highest BCUT2D eigenvalue weighted by Gasteiger charge is 2.11. The van der Waals surface area contributed by atoms with Crippen LogP contribution in [0.2, 0.25) is 0 Å². The number of methoxy groups -OCH3 is 1. The first-order valence-corrected chi connectivity index (χ1v) is 5.50. The first-order valence-electron chi connectivity index (χ1n) is 5.50. The predicted octanol–water partition coefficient (Wildman–Crippen LogP) is 1.04. The molecule has 0 aliphatic heterocycles. The molecule has 18 heavy (non-hydrogen) atoms. The fourth-order valence-electron chi connectivity index (χ4n) is 1.52. The maximum Gasteiger partial charge on any atom is 0.337 e. The van der Waals surface area contributed by atoms with Gasteiger partial charge in [-0.25, -0.2) is 4.79 Å². The summed E-state index contributed by atoms with van der Waals surface area (Å²) in [5.74, 6) is -0.407. The number of nitro groups is 1. The van der Waals surface area contributed by atoms with Gasteiger partial charge < -0.3 is 9.84 Å². The molecule has 0 saturated carbocycles. The lowest BCUT2D eigenvalue weighted by atomic mass is 10.1. The second-order valence-electron chi connectivity index (χ2n) is 3.90. The van der Waals surface area contributed by atoms with E-state index in [2.05, 4.69) is 4.74 Å². The van der Waals surface area contributed by atoms with Gasteiger partial charge in [-0.2, -0.15) is 0 Å². The summed E-state index contributed by atoms with van der Waals surface area (Å²) < 4.78 is 4.56. The molecule has 0 amide bonds. The van der Waals surface area contributed by atoms with Crippen molar-refractivity contribution in [1.29, 1.82) is 0 Å². The number of aliphatic hydroxyl groups excluding tert-OH is 1. The Bertz CT molecular complexity index is 415. The van der Waals surface area contributed by atoms with Gasteiger partial charge in [0.15, 0.2) is 0 Å². The van der Waals surface area contributed by atoms with Crippen molar-refractivity contribution in [2.75, 3.05) is 13.7 Å². The van der Waals surface area contributed by atoms with E-state index in [1.807, 2.05) is 0 Å². The average molecular weight is 253 g/mol. The van der Waals surface area contributed by atoms with Crippen LogP contribution in [-0.2, 0) is 11.2 Å². The molecule has 1 atom stereocenters. The van der Waals surface area contributed by atoms with Crippen molar-refractivity contribution in [1.82, 2.24) is 0 Å². The lowest BCUT2D eigenvalue weighted by molar-refractivity contribution is -0.490. The fourth-order valence-corrected chi connectivity index (χ4v) is 1.52. The maximum atomic E-state index is 11.2. The van der Waals surface area contributed by atoms with Crippen LogP contribution in [-0.4, -0.2) is 35.8 Å². The van der Waals surface area contributed by atoms with Crippen LogP contribution in [0.4, 0.5) is 0 Å². The Hall–Kier alpha value is -1.95. The zero-order chi connectivity index (χ0) is 13.5. The molecule has 6 nitrogen and oxygen atoms in total. The minimum atomic E-state index is -0.944. The van der Waals surface area contributed by atoms with Crippen molar-refractivity contribution < 1.29 is 19.6 Å². The van der Waals surface area contributed by atoms with E-state index in [0.29, 0.717) is 18.4 Å². The molecule has 0 bridgehead atoms. The molecule has 0 heterocycles. The zero-order valence-electron chi connectivity index (χ0n) is 10.0. The van der Waals surface area contributed by atoms with Gasteiger partial charge in [-0.05, 0) is 30.5 Å². The molecule has 0 aliphatic carbocycles. The number of hydrogen-bond acceptors (Lipinski definition) is 5. The molecular weight excluding hydrogens is 238 g/mol. The largest absolute Gasteiger partial charge is 0.465 e. The highest BCUT2D eigenvalue weighted by Crippen LogP contribution is 2.09. The summed E-state index contributed by atoms with van der Waals surface area (Å²) in [4.78, 5) is 20.8. The third kappa shape index (κ3) is 4.50. The molecule has 0 aromatic heterocycles. The molecule has 0 saturated heterocycles. The van der Waals surface area contributed by atoms with Crippen molar-refractivity contribution >= 4 is 5.97 Å². The number of esters is 1. The van der Waals surface area contributed by atoms with Gasteiger partial charge in [0.1, 0.15) is 6.10 Å². The Labute approximate surface area is 104 Å². The molecule has 1 aromatic carbocycles. The molecule has 6 heteroatoms. The third-order valence-corrected chi connectivity index (χ3v) is 2.50. The Morgan fingerprint density at radius 3 is 2.56 bits per heavy atom. The van der Waals surface area contributed by atoms with Gasteiger partial charge in [0.2, 0.25) is 6.54 Å². The van der Waals surface area contributed by atoms with Crippen molar-refractivity contribution in [3.05, 3.63) is 45.5 Å². The minimum Gasteiger partial charge on any atom is -0.465 e. The van der Waals surface area contributed by atoms with E-state index in [1.54, 1.807) is 24.3 Å². The predicted molar refractivity (Wildman–Crippen MR) is 64.0 cm³/mol. The average Bonchev–Trinajstić information content (AvgIpc) is 2.35. The van der Waals surface area contributed by atoms with E-state index in [0.717, 1.165) is 5.56 Å². The number of carbonyl (C=O) groups excluding carboxylic acids is 1. The van der Waals surface area contributed by atoms with Crippen LogP contribution in [0.15, 0.2) is 24.3 Å². The number of hydrogen-bond donors (Lipinski definition) is 1. The first-order chi connectivity index (χ1) is 8.52. The molecule has 0 aliphatic rings. The van der Waals surface area contributed by atoms with Gasteiger partial charge >= 0.3 is 5.97 Å². The van der Waals surface area contributed by atoms with Crippen LogP contribution in [0, 0.1) is 10.1 Å². The topological polar surface area (TPSA) is 89.7 Å². The van der Waals surface area contributed by atoms with Crippen LogP contribution >= 0.6 is 0 Å². The van der Waals surface area contributed by atoms with Crippen LogP contribution in [0.25, 0.3) is 0 Å². The van der Waals surface area contributed by atoms with Gasteiger partial charge in [-0.15, -0.1) is 0 Å². The Morgan fingerprint density at radius 2 is 2.06 bits per heavy atom. The SMILES string of the molecule is COC(=O)c1ccc(CCC(O)C[N+](=O)[O-])cc1. The molecule has 0 fully saturated rings. The highest BCUT2D eigenvalue weighted by atomic mass is 16.6. The molecule has 0 radical (unpaired) electrons. The second kappa shape index (κ2) is 6.70. The van der Waals surface area contributed by atoms with E-state index < -0.39 is 23.5 Å². The number of aliphatic hydroxyl groups is 1. The van der Waals surface area contributed by atoms with Gasteiger partial charge in [-0.3, -0.25) is 10.1 Å². The van der Waals surface area contributed by atoms with E-state index in [4.69, 9.17) is 0 Å². The van der Waals surface area contributed by atoms with Gasteiger partial charge in [0.05, 0.1) is 12.7 Å². The Balaban J connectivity index is 2.49. The monoisotopic (exact) mass is 253 g/mol. The van der Waals surface area contributed by atoms with Gasteiger partial charge in [0.25, 0.3) is 0 Å². The lowest BCUT2D eigenvalue weighted by Gasteiger charge is -2.06. The smallest absolute Gasteiger partial charge is 0.337 e. The van der Waals surface area contributed by atoms with Gasteiger partial charge in [-0.1, -0.05) is 12.1 Å². The summed E-state index contributed by atoms with van der Waals surface area (Å²) in [5.41, 5.74) is 1.36. The molecule has 1 N–H and O–H groups in total. The van der Waals surface area contributed by atoms with E-state index in [9.17, 15) is 20.0 Å². The van der Waals surface area contributed by atoms with Crippen molar-refractivity contribution in [3.63, 3.8) is 0 Å². The maximum absolute atomic E-state index is 11.2. The Kier molecular flexibility index (Phi) is 5.26. The quantitative estimate of drug-likeness (QED) is 0.465. The number of carbonyl (C=O) groups is 1. The highest BCUT2D eigenvalue weighted by molar-refractivity contribution is 5.89. The molecular formula is C12H15NO5. The Morgan fingerprint density at radius 1 is 1.44 bits per heavy atom. The van der Waals surface area contributed by atoms with Crippen LogP contribution in [0.5, 0.6) is 0 Å². The number of nitrogens with zero attached hydrogens (tertiary/aromatic N) is 1. The number of benzene rings is 1. The summed E-state index contributed by atoms with van der Waals surface area (Å²) in [7, 11) is 1.31. The van der Waals surface area contributed by atoms with Crippen LogP contribution in [0.3, 0.4) is 0 Å². The van der Waals surface area contributed by atoms with Gasteiger partial charge in [0, 0.05) is 4.92 Å². The number of aryl methyl sites for hydroxylation is 1. The van der Waals surface area contributed by atoms with E-state index >= 15 is 0 Å². The van der Waals surface area contributed by atoms with Crippen LogP contribution < -0.4 is 0 Å². The number of ether oxygens (including phenoxy) is 1. The summed E-state index contributed by atoms with van der Waals surface area (Å²) in [5, 5.41) is 19.5. The molecule has 98 valence electrons. The number of rotatable bonds is 6. The van der Waals surface area contributed by atoms with Crippen molar-refractivity contribution in [2.24, 2.45) is 0 Å². The zero-order valence-corrected chi connectivity index (χ0v) is 10.0. The molecule has 1 unspecified atom stereocenters. The van der Waals surface area contributed by atoms with Crippen molar-refractivity contribution in [2.45, 2.75) is 18.9 Å². The molecule has 1 rings (SSSR count). The summed E-state index contributed by atoms with van der Waals surface area (Å²) in [6.45, 7) is -0.444. The minimum absolute atomic E-state index is 0.318. The third-order valence-electron chi connectivity index (χ3n) is 2.50. The lowest BCUT2D eigenvalue weighted by Crippen LogP contribution is -2.19. The summed E-state index contributed by atoms with van der Waals surface area (Å²) in [6.07, 6.45) is -0.102. The van der Waals surface area contributed by atoms with E-state index in [-0.39, 0.29) is 0 Å². The second-order valence-corrected chi connectivity index (χ2v) is 3.90. The first kappa shape index (κ1) is 14.1.